The standard InChI is InChI=1S/C17H26N2O/c1-12-11-17(2,3)9-8-14(12)19-15-7-5-4-6-13(15)10-16(18)20/h4-7,12,14,19H,8-11H2,1-3H3,(H2,18,20). The van der Waals surface area contributed by atoms with Crippen LogP contribution in [0.2, 0.25) is 0 Å². The minimum atomic E-state index is -0.280. The van der Waals surface area contributed by atoms with Gasteiger partial charge in [-0.3, -0.25) is 4.79 Å². The van der Waals surface area contributed by atoms with Gasteiger partial charge in [0.2, 0.25) is 5.91 Å². The van der Waals surface area contributed by atoms with Gasteiger partial charge in [-0.05, 0) is 42.2 Å². The zero-order valence-electron chi connectivity index (χ0n) is 12.8. The minimum absolute atomic E-state index is 0.280. The SMILES string of the molecule is CC1CC(C)(C)CCC1Nc1ccccc1CC(N)=O. The molecule has 1 saturated carbocycles. The molecular formula is C17H26N2O. The minimum Gasteiger partial charge on any atom is -0.382 e. The Balaban J connectivity index is 2.08. The Hall–Kier alpha value is -1.51. The lowest BCUT2D eigenvalue weighted by molar-refractivity contribution is -0.117. The van der Waals surface area contributed by atoms with Crippen LogP contribution in [0.5, 0.6) is 0 Å². The lowest BCUT2D eigenvalue weighted by Gasteiger charge is -2.40. The molecule has 110 valence electrons. The molecule has 0 spiro atoms. The molecule has 0 aliphatic heterocycles. The number of anilines is 1. The summed E-state index contributed by atoms with van der Waals surface area (Å²) in [5, 5.41) is 3.63. The Morgan fingerprint density at radius 3 is 2.75 bits per heavy atom. The normalized spacial score (nSPS) is 25.1. The van der Waals surface area contributed by atoms with Crippen LogP contribution in [-0.2, 0) is 11.2 Å². The summed E-state index contributed by atoms with van der Waals surface area (Å²) in [5.41, 5.74) is 7.83. The molecule has 0 heterocycles. The van der Waals surface area contributed by atoms with Crippen LogP contribution in [0, 0.1) is 11.3 Å². The molecule has 2 atom stereocenters. The van der Waals surface area contributed by atoms with Crippen LogP contribution >= 0.6 is 0 Å². The highest BCUT2D eigenvalue weighted by Gasteiger charge is 2.32. The number of amides is 1. The Labute approximate surface area is 121 Å². The fourth-order valence-electron chi connectivity index (χ4n) is 3.36. The van der Waals surface area contributed by atoms with Gasteiger partial charge in [0.05, 0.1) is 6.42 Å². The first-order chi connectivity index (χ1) is 9.37. The molecule has 2 unspecified atom stereocenters. The van der Waals surface area contributed by atoms with Gasteiger partial charge in [0.15, 0.2) is 0 Å². The Morgan fingerprint density at radius 2 is 2.10 bits per heavy atom. The van der Waals surface area contributed by atoms with Crippen LogP contribution in [0.3, 0.4) is 0 Å². The molecule has 0 radical (unpaired) electrons. The van der Waals surface area contributed by atoms with Crippen molar-refractivity contribution in [3.8, 4) is 0 Å². The van der Waals surface area contributed by atoms with Crippen molar-refractivity contribution in [3.05, 3.63) is 29.8 Å². The molecule has 3 nitrogen and oxygen atoms in total. The second kappa shape index (κ2) is 5.86. The van der Waals surface area contributed by atoms with E-state index in [1.807, 2.05) is 24.3 Å². The average Bonchev–Trinajstić information content (AvgIpc) is 2.33. The molecule has 1 aliphatic rings. The van der Waals surface area contributed by atoms with Crippen LogP contribution in [0.25, 0.3) is 0 Å². The summed E-state index contributed by atoms with van der Waals surface area (Å²) in [5.74, 6) is 0.359. The Bertz CT molecular complexity index is 482. The van der Waals surface area contributed by atoms with Gasteiger partial charge in [-0.15, -0.1) is 0 Å². The van der Waals surface area contributed by atoms with Gasteiger partial charge in [-0.25, -0.2) is 0 Å². The zero-order chi connectivity index (χ0) is 14.8. The van der Waals surface area contributed by atoms with E-state index in [0.717, 1.165) is 11.3 Å². The van der Waals surface area contributed by atoms with E-state index < -0.39 is 0 Å². The summed E-state index contributed by atoms with van der Waals surface area (Å²) in [6.45, 7) is 7.01. The molecule has 1 aromatic rings. The van der Waals surface area contributed by atoms with E-state index in [1.165, 1.54) is 19.3 Å². The topological polar surface area (TPSA) is 55.1 Å². The zero-order valence-corrected chi connectivity index (χ0v) is 12.8. The monoisotopic (exact) mass is 274 g/mol. The quantitative estimate of drug-likeness (QED) is 0.884. The van der Waals surface area contributed by atoms with Crippen molar-refractivity contribution >= 4 is 11.6 Å². The van der Waals surface area contributed by atoms with Crippen molar-refractivity contribution < 1.29 is 4.79 Å². The van der Waals surface area contributed by atoms with E-state index in [4.69, 9.17) is 5.73 Å². The van der Waals surface area contributed by atoms with E-state index in [2.05, 4.69) is 26.1 Å². The molecule has 3 heteroatoms. The van der Waals surface area contributed by atoms with Crippen molar-refractivity contribution in [2.75, 3.05) is 5.32 Å². The van der Waals surface area contributed by atoms with E-state index in [0.29, 0.717) is 23.8 Å². The van der Waals surface area contributed by atoms with Crippen LogP contribution < -0.4 is 11.1 Å². The highest BCUT2D eigenvalue weighted by atomic mass is 16.1. The number of para-hydroxylation sites is 1. The third kappa shape index (κ3) is 3.75. The fraction of sp³-hybridized carbons (Fsp3) is 0.588. The predicted molar refractivity (Wildman–Crippen MR) is 83.5 cm³/mol. The Morgan fingerprint density at radius 1 is 1.40 bits per heavy atom. The summed E-state index contributed by atoms with van der Waals surface area (Å²) in [4.78, 5) is 11.2. The first kappa shape index (κ1) is 14.9. The molecule has 1 aliphatic carbocycles. The number of nitrogens with one attached hydrogen (secondary N) is 1. The first-order valence-electron chi connectivity index (χ1n) is 7.50. The molecular weight excluding hydrogens is 248 g/mol. The van der Waals surface area contributed by atoms with Gasteiger partial charge in [0.1, 0.15) is 0 Å². The van der Waals surface area contributed by atoms with Gasteiger partial charge in [0, 0.05) is 11.7 Å². The maximum absolute atomic E-state index is 11.2. The number of benzene rings is 1. The molecule has 1 amide bonds. The fourth-order valence-corrected chi connectivity index (χ4v) is 3.36. The second-order valence-corrected chi connectivity index (χ2v) is 6.94. The van der Waals surface area contributed by atoms with Crippen molar-refractivity contribution in [2.24, 2.45) is 17.1 Å². The number of hydrogen-bond acceptors (Lipinski definition) is 2. The van der Waals surface area contributed by atoms with Crippen LogP contribution in [-0.4, -0.2) is 11.9 Å². The first-order valence-corrected chi connectivity index (χ1v) is 7.50. The van der Waals surface area contributed by atoms with Crippen LogP contribution in [0.4, 0.5) is 5.69 Å². The van der Waals surface area contributed by atoms with Gasteiger partial charge < -0.3 is 11.1 Å². The van der Waals surface area contributed by atoms with Gasteiger partial charge in [-0.2, -0.15) is 0 Å². The Kier molecular flexibility index (Phi) is 4.36. The average molecular weight is 274 g/mol. The number of primary amides is 1. The summed E-state index contributed by atoms with van der Waals surface area (Å²) in [6, 6.07) is 8.47. The number of carbonyl (C=O) groups excluding carboxylic acids is 1. The molecule has 1 fully saturated rings. The van der Waals surface area contributed by atoms with E-state index >= 15 is 0 Å². The third-order valence-corrected chi connectivity index (χ3v) is 4.42. The van der Waals surface area contributed by atoms with Gasteiger partial charge >= 0.3 is 0 Å². The van der Waals surface area contributed by atoms with E-state index in [1.54, 1.807) is 0 Å². The smallest absolute Gasteiger partial charge is 0.221 e. The second-order valence-electron chi connectivity index (χ2n) is 6.94. The number of carbonyl (C=O) groups is 1. The lowest BCUT2D eigenvalue weighted by atomic mass is 9.70. The summed E-state index contributed by atoms with van der Waals surface area (Å²) >= 11 is 0. The van der Waals surface area contributed by atoms with E-state index in [-0.39, 0.29) is 5.91 Å². The number of rotatable bonds is 4. The molecule has 20 heavy (non-hydrogen) atoms. The third-order valence-electron chi connectivity index (χ3n) is 4.42. The van der Waals surface area contributed by atoms with Crippen molar-refractivity contribution in [1.82, 2.24) is 0 Å². The molecule has 3 N–H and O–H groups in total. The van der Waals surface area contributed by atoms with Gasteiger partial charge in [0.25, 0.3) is 0 Å². The maximum atomic E-state index is 11.2. The molecule has 0 saturated heterocycles. The molecule has 0 aromatic heterocycles. The number of nitrogens with two attached hydrogens (primary N) is 1. The van der Waals surface area contributed by atoms with Crippen LogP contribution in [0.1, 0.15) is 45.6 Å². The molecule has 1 aromatic carbocycles. The van der Waals surface area contributed by atoms with Crippen molar-refractivity contribution in [3.63, 3.8) is 0 Å². The summed E-state index contributed by atoms with van der Waals surface area (Å²) in [6.07, 6.45) is 3.96. The molecule has 0 bridgehead atoms. The largest absolute Gasteiger partial charge is 0.382 e. The molecule has 2 rings (SSSR count). The van der Waals surface area contributed by atoms with Crippen LogP contribution in [0.15, 0.2) is 24.3 Å². The van der Waals surface area contributed by atoms with Crippen molar-refractivity contribution in [1.29, 1.82) is 0 Å². The van der Waals surface area contributed by atoms with Gasteiger partial charge in [-0.1, -0.05) is 39.0 Å². The summed E-state index contributed by atoms with van der Waals surface area (Å²) in [7, 11) is 0. The van der Waals surface area contributed by atoms with E-state index in [9.17, 15) is 4.79 Å². The predicted octanol–water partition coefficient (Wildman–Crippen LogP) is 3.34. The highest BCUT2D eigenvalue weighted by molar-refractivity contribution is 5.78. The maximum Gasteiger partial charge on any atom is 0.221 e. The lowest BCUT2D eigenvalue weighted by Crippen LogP contribution is -2.37. The number of hydrogen-bond donors (Lipinski definition) is 2. The van der Waals surface area contributed by atoms with Crippen molar-refractivity contribution in [2.45, 2.75) is 52.5 Å². The highest BCUT2D eigenvalue weighted by Crippen LogP contribution is 2.39. The summed E-state index contributed by atoms with van der Waals surface area (Å²) < 4.78 is 0.